The van der Waals surface area contributed by atoms with Gasteiger partial charge in [-0.1, -0.05) is 0 Å². The Balaban J connectivity index is 0.00000280. The van der Waals surface area contributed by atoms with E-state index in [2.05, 4.69) is 15.5 Å². The van der Waals surface area contributed by atoms with E-state index >= 15 is 0 Å². The second-order valence-corrected chi connectivity index (χ2v) is 6.13. The number of carbonyl (C=O) groups is 1. The number of aromatic nitrogens is 4. The summed E-state index contributed by atoms with van der Waals surface area (Å²) in [5.74, 6) is 1.59. The highest BCUT2D eigenvalue weighted by Crippen LogP contribution is 2.29. The van der Waals surface area contributed by atoms with Gasteiger partial charge in [0.15, 0.2) is 17.3 Å². The first-order valence-electron chi connectivity index (χ1n) is 8.78. The summed E-state index contributed by atoms with van der Waals surface area (Å²) in [5.41, 5.74) is 6.03. The zero-order valence-electron chi connectivity index (χ0n) is 15.9. The highest BCUT2D eigenvalue weighted by Gasteiger charge is 2.29. The van der Waals surface area contributed by atoms with Gasteiger partial charge in [-0.25, -0.2) is 4.68 Å². The molecule has 0 saturated carbocycles. The maximum Gasteiger partial charge on any atom is 0.254 e. The molecule has 1 aliphatic heterocycles. The van der Waals surface area contributed by atoms with E-state index in [4.69, 9.17) is 19.9 Å². The average Bonchev–Trinajstić information content (AvgIpc) is 3.13. The van der Waals surface area contributed by atoms with E-state index in [0.717, 1.165) is 6.42 Å². The monoisotopic (exact) mass is 412 g/mol. The largest absolute Gasteiger partial charge is 0.493 e. The van der Waals surface area contributed by atoms with Crippen molar-refractivity contribution in [3.8, 4) is 11.5 Å². The Kier molecular flexibility index (Phi) is 7.97. The third kappa shape index (κ3) is 4.89. The molecule has 1 aliphatic rings. The number of morpholine rings is 1. The molecule has 1 amide bonds. The number of amides is 1. The van der Waals surface area contributed by atoms with Gasteiger partial charge in [-0.2, -0.15) is 0 Å². The molecule has 11 heteroatoms. The maximum atomic E-state index is 13.0. The fraction of sp³-hybridized carbons (Fsp3) is 0.529. The number of tetrazole rings is 1. The average molecular weight is 413 g/mol. The van der Waals surface area contributed by atoms with Gasteiger partial charge >= 0.3 is 0 Å². The minimum Gasteiger partial charge on any atom is -0.493 e. The molecular weight excluding hydrogens is 388 g/mol. The molecule has 1 aromatic heterocycles. The van der Waals surface area contributed by atoms with Crippen LogP contribution >= 0.6 is 12.4 Å². The van der Waals surface area contributed by atoms with Crippen LogP contribution in [0.25, 0.3) is 0 Å². The highest BCUT2D eigenvalue weighted by molar-refractivity contribution is 5.95. The number of benzene rings is 1. The summed E-state index contributed by atoms with van der Waals surface area (Å²) >= 11 is 0. The summed E-state index contributed by atoms with van der Waals surface area (Å²) in [7, 11) is 3.31. The molecule has 28 heavy (non-hydrogen) atoms. The lowest BCUT2D eigenvalue weighted by molar-refractivity contribution is -0.0284. The molecule has 1 fully saturated rings. The molecule has 10 nitrogen and oxygen atoms in total. The number of methoxy groups -OCH3 is 1. The van der Waals surface area contributed by atoms with Crippen LogP contribution in [0.5, 0.6) is 11.5 Å². The van der Waals surface area contributed by atoms with Crippen LogP contribution < -0.4 is 15.2 Å². The summed E-state index contributed by atoms with van der Waals surface area (Å²) in [5, 5.41) is 11.4. The van der Waals surface area contributed by atoms with E-state index in [0.29, 0.717) is 55.7 Å². The van der Waals surface area contributed by atoms with E-state index in [-0.39, 0.29) is 24.4 Å². The first-order chi connectivity index (χ1) is 13.1. The number of hydrogen-bond acceptors (Lipinski definition) is 8. The number of rotatable bonds is 7. The van der Waals surface area contributed by atoms with E-state index in [9.17, 15) is 4.79 Å². The molecule has 0 bridgehead atoms. The quantitative estimate of drug-likeness (QED) is 0.656. The molecule has 2 aromatic rings. The molecule has 1 saturated heterocycles. The summed E-state index contributed by atoms with van der Waals surface area (Å²) < 4.78 is 18.3. The van der Waals surface area contributed by atoms with Crippen molar-refractivity contribution in [2.45, 2.75) is 12.5 Å². The van der Waals surface area contributed by atoms with Crippen LogP contribution in [0.15, 0.2) is 18.2 Å². The smallest absolute Gasteiger partial charge is 0.254 e. The molecule has 1 atom stereocenters. The molecule has 1 aromatic carbocycles. The van der Waals surface area contributed by atoms with Crippen LogP contribution in [0.4, 0.5) is 0 Å². The maximum absolute atomic E-state index is 13.0. The van der Waals surface area contributed by atoms with Gasteiger partial charge in [0.2, 0.25) is 0 Å². The molecule has 2 N–H and O–H groups in total. The molecule has 2 heterocycles. The minimum absolute atomic E-state index is 0. The molecule has 3 rings (SSSR count). The predicted octanol–water partition coefficient (Wildman–Crippen LogP) is 0.582. The van der Waals surface area contributed by atoms with Crippen LogP contribution in [0, 0.1) is 0 Å². The summed E-state index contributed by atoms with van der Waals surface area (Å²) in [6, 6.07) is 5.16. The number of aryl methyl sites for hydroxylation is 1. The first-order valence-corrected chi connectivity index (χ1v) is 8.78. The Bertz CT molecular complexity index is 787. The second kappa shape index (κ2) is 10.2. The van der Waals surface area contributed by atoms with Crippen molar-refractivity contribution in [3.05, 3.63) is 29.6 Å². The number of halogens is 1. The lowest BCUT2D eigenvalue weighted by Crippen LogP contribution is -2.42. The van der Waals surface area contributed by atoms with Crippen molar-refractivity contribution in [1.82, 2.24) is 25.1 Å². The normalized spacial score (nSPS) is 16.4. The van der Waals surface area contributed by atoms with Gasteiger partial charge in [0.25, 0.3) is 5.91 Å². The van der Waals surface area contributed by atoms with Gasteiger partial charge < -0.3 is 24.8 Å². The van der Waals surface area contributed by atoms with E-state index in [1.54, 1.807) is 41.9 Å². The van der Waals surface area contributed by atoms with Gasteiger partial charge in [0.1, 0.15) is 6.10 Å². The van der Waals surface area contributed by atoms with Gasteiger partial charge in [-0.3, -0.25) is 4.79 Å². The van der Waals surface area contributed by atoms with Crippen molar-refractivity contribution in [1.29, 1.82) is 0 Å². The van der Waals surface area contributed by atoms with Crippen molar-refractivity contribution >= 4 is 18.3 Å². The van der Waals surface area contributed by atoms with Crippen LogP contribution in [-0.2, 0) is 11.8 Å². The van der Waals surface area contributed by atoms with Crippen LogP contribution in [0.3, 0.4) is 0 Å². The summed E-state index contributed by atoms with van der Waals surface area (Å²) in [6.07, 6.45) is 0.360. The topological polar surface area (TPSA) is 118 Å². The molecule has 0 aliphatic carbocycles. The van der Waals surface area contributed by atoms with Crippen LogP contribution in [0.1, 0.15) is 28.7 Å². The SMILES string of the molecule is COc1ccc(C(=O)N2CCOC(c3nnnn3C)C2)cc1OCCCN.Cl. The number of carbonyl (C=O) groups excluding carboxylic acids is 1. The lowest BCUT2D eigenvalue weighted by Gasteiger charge is -2.32. The Morgan fingerprint density at radius 1 is 1.39 bits per heavy atom. The van der Waals surface area contributed by atoms with E-state index < -0.39 is 0 Å². The number of hydrogen-bond donors (Lipinski definition) is 1. The van der Waals surface area contributed by atoms with Crippen molar-refractivity contribution in [2.75, 3.05) is 40.0 Å². The second-order valence-electron chi connectivity index (χ2n) is 6.13. The molecule has 0 spiro atoms. The van der Waals surface area contributed by atoms with Gasteiger partial charge in [-0.15, -0.1) is 17.5 Å². The molecule has 0 radical (unpaired) electrons. The fourth-order valence-electron chi connectivity index (χ4n) is 2.87. The Morgan fingerprint density at radius 2 is 2.21 bits per heavy atom. The molecule has 154 valence electrons. The predicted molar refractivity (Wildman–Crippen MR) is 103 cm³/mol. The number of nitrogens with two attached hydrogens (primary N) is 1. The summed E-state index contributed by atoms with van der Waals surface area (Å²) in [6.45, 7) is 2.29. The van der Waals surface area contributed by atoms with Crippen molar-refractivity contribution < 1.29 is 19.0 Å². The zero-order valence-corrected chi connectivity index (χ0v) is 16.7. The first kappa shape index (κ1) is 21.9. The van der Waals surface area contributed by atoms with E-state index in [1.807, 2.05) is 0 Å². The zero-order chi connectivity index (χ0) is 19.2. The van der Waals surface area contributed by atoms with Gasteiger partial charge in [0, 0.05) is 19.2 Å². The Morgan fingerprint density at radius 3 is 2.89 bits per heavy atom. The van der Waals surface area contributed by atoms with Gasteiger partial charge in [-0.05, 0) is 41.6 Å². The van der Waals surface area contributed by atoms with E-state index in [1.165, 1.54) is 0 Å². The summed E-state index contributed by atoms with van der Waals surface area (Å²) in [4.78, 5) is 14.7. The standard InChI is InChI=1S/C17H24N6O4.ClH/c1-22-16(19-20-21-22)15-11-23(7-9-27-15)17(24)12-4-5-13(25-2)14(10-12)26-8-3-6-18;/h4-5,10,15H,3,6-9,11,18H2,1-2H3;1H. The minimum atomic E-state index is -0.360. The highest BCUT2D eigenvalue weighted by atomic mass is 35.5. The Hall–Kier alpha value is -2.43. The van der Waals surface area contributed by atoms with Crippen LogP contribution in [-0.4, -0.2) is 71.0 Å². The third-order valence-corrected chi connectivity index (χ3v) is 4.31. The van der Waals surface area contributed by atoms with Crippen molar-refractivity contribution in [2.24, 2.45) is 12.8 Å². The third-order valence-electron chi connectivity index (χ3n) is 4.31. The Labute approximate surface area is 169 Å². The molecule has 1 unspecified atom stereocenters. The molecular formula is C17H25ClN6O4. The number of ether oxygens (including phenoxy) is 3. The lowest BCUT2D eigenvalue weighted by atomic mass is 10.1. The number of nitrogens with zero attached hydrogens (tertiary/aromatic N) is 5. The van der Waals surface area contributed by atoms with Crippen LogP contribution in [0.2, 0.25) is 0 Å². The van der Waals surface area contributed by atoms with Gasteiger partial charge in [0.05, 0.1) is 26.9 Å². The fourth-order valence-corrected chi connectivity index (χ4v) is 2.87. The van der Waals surface area contributed by atoms with Crippen molar-refractivity contribution in [3.63, 3.8) is 0 Å².